The SMILES string of the molecule is CI(CI)C1=NCCN1. The summed E-state index contributed by atoms with van der Waals surface area (Å²) in [5.41, 5.74) is 0. The van der Waals surface area contributed by atoms with E-state index in [1.165, 1.54) is 6.28 Å². The van der Waals surface area contributed by atoms with Crippen LogP contribution in [0.2, 0.25) is 0 Å². The summed E-state index contributed by atoms with van der Waals surface area (Å²) in [6, 6.07) is 0. The number of nitrogens with one attached hydrogen (secondary N) is 1. The van der Waals surface area contributed by atoms with Crippen molar-refractivity contribution in [1.82, 2.24) is 5.32 Å². The van der Waals surface area contributed by atoms with Crippen LogP contribution >= 0.6 is 42.4 Å². The van der Waals surface area contributed by atoms with Gasteiger partial charge in [-0.2, -0.15) is 0 Å². The van der Waals surface area contributed by atoms with Crippen molar-refractivity contribution < 1.29 is 0 Å². The molecule has 0 aromatic rings. The van der Waals surface area contributed by atoms with Crippen molar-refractivity contribution >= 4 is 46.3 Å². The molecular formula is C5H10I2N2. The van der Waals surface area contributed by atoms with Gasteiger partial charge in [0.15, 0.2) is 0 Å². The van der Waals surface area contributed by atoms with Crippen LogP contribution in [0.4, 0.5) is 0 Å². The Hall–Kier alpha value is 0.930. The first-order valence-electron chi connectivity index (χ1n) is 2.74. The molecule has 0 aromatic carbocycles. The summed E-state index contributed by atoms with van der Waals surface area (Å²) in [5, 5.41) is 3.32. The molecule has 2 nitrogen and oxygen atoms in total. The van der Waals surface area contributed by atoms with E-state index in [0.29, 0.717) is 0 Å². The molecule has 1 aliphatic rings. The van der Waals surface area contributed by atoms with Crippen molar-refractivity contribution in [2.75, 3.05) is 20.5 Å². The Balaban J connectivity index is 2.40. The monoisotopic (exact) mass is 352 g/mol. The number of hydrogen-bond acceptors (Lipinski definition) is 2. The van der Waals surface area contributed by atoms with Crippen LogP contribution in [0.3, 0.4) is 0 Å². The van der Waals surface area contributed by atoms with Crippen LogP contribution in [-0.2, 0) is 0 Å². The Morgan fingerprint density at radius 2 is 2.67 bits per heavy atom. The molecule has 0 amide bonds. The molecule has 0 fully saturated rings. The van der Waals surface area contributed by atoms with Crippen molar-refractivity contribution in [3.63, 3.8) is 0 Å². The van der Waals surface area contributed by atoms with Gasteiger partial charge in [0.2, 0.25) is 0 Å². The zero-order valence-corrected chi connectivity index (χ0v) is 9.64. The van der Waals surface area contributed by atoms with Crippen LogP contribution in [0.5, 0.6) is 0 Å². The molecule has 0 bridgehead atoms. The van der Waals surface area contributed by atoms with Gasteiger partial charge < -0.3 is 0 Å². The molecular weight excluding hydrogens is 342 g/mol. The van der Waals surface area contributed by atoms with Gasteiger partial charge >= 0.3 is 77.0 Å². The molecule has 1 aliphatic heterocycles. The minimum absolute atomic E-state index is 0.765. The first-order valence-corrected chi connectivity index (χ1v) is 9.03. The number of nitrogens with zero attached hydrogens (tertiary/aromatic N) is 1. The summed E-state index contributed by atoms with van der Waals surface area (Å²) < 4.78 is 2.67. The van der Waals surface area contributed by atoms with Crippen molar-refractivity contribution in [2.24, 2.45) is 4.99 Å². The third-order valence-electron chi connectivity index (χ3n) is 1.09. The summed E-state index contributed by atoms with van der Waals surface area (Å²) >= 11 is 1.69. The van der Waals surface area contributed by atoms with E-state index in [2.05, 4.69) is 37.8 Å². The van der Waals surface area contributed by atoms with E-state index in [-0.39, 0.29) is 0 Å². The summed E-state index contributed by atoms with van der Waals surface area (Å²) in [6.45, 7) is 2.08. The second-order valence-electron chi connectivity index (χ2n) is 1.79. The molecule has 0 saturated heterocycles. The summed E-state index contributed by atoms with van der Waals surface area (Å²) in [5.74, 6) is 0. The van der Waals surface area contributed by atoms with Gasteiger partial charge in [0, 0.05) is 0 Å². The quantitative estimate of drug-likeness (QED) is 0.455. The summed E-state index contributed by atoms with van der Waals surface area (Å²) in [7, 11) is 0. The zero-order chi connectivity index (χ0) is 6.69. The fourth-order valence-corrected chi connectivity index (χ4v) is 4.48. The van der Waals surface area contributed by atoms with Crippen molar-refractivity contribution in [3.8, 4) is 0 Å². The van der Waals surface area contributed by atoms with E-state index in [1.54, 1.807) is 0 Å². The number of alkyl halides is 3. The topological polar surface area (TPSA) is 24.4 Å². The van der Waals surface area contributed by atoms with Gasteiger partial charge in [-0.15, -0.1) is 0 Å². The molecule has 0 saturated carbocycles. The Morgan fingerprint density at radius 3 is 3.11 bits per heavy atom. The number of rotatable bonds is 2. The van der Waals surface area contributed by atoms with E-state index >= 15 is 0 Å². The number of hydrogen-bond donors (Lipinski definition) is 1. The molecule has 0 unspecified atom stereocenters. The Labute approximate surface area is 76.4 Å². The molecule has 0 radical (unpaired) electrons. The molecule has 0 aliphatic carbocycles. The van der Waals surface area contributed by atoms with Gasteiger partial charge in [-0.25, -0.2) is 0 Å². The number of halogens is 2. The molecule has 54 valence electrons. The maximum atomic E-state index is 4.38. The minimum atomic E-state index is -0.765. The fourth-order valence-electron chi connectivity index (χ4n) is 0.633. The van der Waals surface area contributed by atoms with Gasteiger partial charge in [-0.3, -0.25) is 0 Å². The number of amidine groups is 1. The van der Waals surface area contributed by atoms with E-state index < -0.39 is 19.8 Å². The van der Waals surface area contributed by atoms with Crippen LogP contribution in [0.1, 0.15) is 0 Å². The Bertz CT molecular complexity index is 124. The van der Waals surface area contributed by atoms with Crippen LogP contribution in [0, 0.1) is 0 Å². The van der Waals surface area contributed by atoms with Gasteiger partial charge in [0.1, 0.15) is 0 Å². The van der Waals surface area contributed by atoms with E-state index in [9.17, 15) is 0 Å². The standard InChI is InChI=1S/C5H10I2N2/c1-7(4-6)5-8-2-3-9-5/h2-4H2,1H3,(H,8,9). The molecule has 9 heavy (non-hydrogen) atoms. The molecule has 0 spiro atoms. The number of aliphatic imine (C=N–C) groups is 1. The first kappa shape index (κ1) is 8.03. The summed E-state index contributed by atoms with van der Waals surface area (Å²) in [4.78, 5) is 6.73. The Morgan fingerprint density at radius 1 is 1.89 bits per heavy atom. The third kappa shape index (κ3) is 2.21. The summed E-state index contributed by atoms with van der Waals surface area (Å²) in [6.07, 6.45) is 0. The average molecular weight is 352 g/mol. The van der Waals surface area contributed by atoms with Crippen molar-refractivity contribution in [3.05, 3.63) is 0 Å². The van der Waals surface area contributed by atoms with Crippen molar-refractivity contribution in [2.45, 2.75) is 0 Å². The van der Waals surface area contributed by atoms with Gasteiger partial charge in [-0.05, 0) is 0 Å². The average Bonchev–Trinajstić information content (AvgIpc) is 2.37. The third-order valence-corrected chi connectivity index (χ3v) is 10.2. The van der Waals surface area contributed by atoms with Crippen LogP contribution in [0.15, 0.2) is 4.99 Å². The molecule has 0 aromatic heterocycles. The normalized spacial score (nSPS) is 18.9. The Kier molecular flexibility index (Phi) is 3.52. The van der Waals surface area contributed by atoms with Gasteiger partial charge in [0.05, 0.1) is 0 Å². The van der Waals surface area contributed by atoms with Crippen molar-refractivity contribution in [1.29, 1.82) is 0 Å². The van der Waals surface area contributed by atoms with Crippen LogP contribution in [-0.4, -0.2) is 24.3 Å². The predicted molar refractivity (Wildman–Crippen MR) is 59.1 cm³/mol. The van der Waals surface area contributed by atoms with Gasteiger partial charge in [0.25, 0.3) is 0 Å². The molecule has 4 heteroatoms. The van der Waals surface area contributed by atoms with Crippen LogP contribution < -0.4 is 5.32 Å². The van der Waals surface area contributed by atoms with Gasteiger partial charge in [-0.1, -0.05) is 0 Å². The van der Waals surface area contributed by atoms with Crippen LogP contribution in [0.25, 0.3) is 0 Å². The van der Waals surface area contributed by atoms with E-state index in [0.717, 1.165) is 13.1 Å². The molecule has 1 rings (SSSR count). The first-order chi connectivity index (χ1) is 4.34. The predicted octanol–water partition coefficient (Wildman–Crippen LogP) is 1.47. The van der Waals surface area contributed by atoms with E-state index in [4.69, 9.17) is 0 Å². The second kappa shape index (κ2) is 3.95. The molecule has 1 N–H and O–H groups in total. The second-order valence-corrected chi connectivity index (χ2v) is 10.6. The molecule has 1 heterocycles. The maximum absolute atomic E-state index is 4.38. The van der Waals surface area contributed by atoms with E-state index in [1.807, 2.05) is 0 Å². The molecule has 0 atom stereocenters. The fraction of sp³-hybridized carbons (Fsp3) is 0.800. The zero-order valence-electron chi connectivity index (χ0n) is 5.32.